The van der Waals surface area contributed by atoms with Crippen molar-refractivity contribution in [3.8, 4) is 5.75 Å². The molecule has 2 aromatic rings. The van der Waals surface area contributed by atoms with E-state index in [1.165, 1.54) is 6.33 Å². The van der Waals surface area contributed by atoms with Crippen LogP contribution in [0.15, 0.2) is 29.3 Å². The summed E-state index contributed by atoms with van der Waals surface area (Å²) in [6, 6.07) is 5.47. The van der Waals surface area contributed by atoms with Crippen LogP contribution in [0.5, 0.6) is 5.75 Å². The molecule has 1 aromatic heterocycles. The number of H-pyrrole nitrogens is 1. The van der Waals surface area contributed by atoms with Crippen LogP contribution in [-0.4, -0.2) is 29.3 Å². The highest BCUT2D eigenvalue weighted by Crippen LogP contribution is 2.23. The van der Waals surface area contributed by atoms with Crippen molar-refractivity contribution in [3.63, 3.8) is 0 Å². The summed E-state index contributed by atoms with van der Waals surface area (Å²) >= 11 is 0. The van der Waals surface area contributed by atoms with Gasteiger partial charge in [0.15, 0.2) is 0 Å². The minimum absolute atomic E-state index is 0.115. The normalized spacial score (nSPS) is 16.9. The first-order chi connectivity index (χ1) is 8.84. The molecular weight excluding hydrogens is 232 g/mol. The fourth-order valence-corrected chi connectivity index (χ4v) is 2.16. The van der Waals surface area contributed by atoms with Gasteiger partial charge in [0.25, 0.3) is 5.56 Å². The SMILES string of the molecule is O=c1[nH]cnc2cccc(OC3CCOCC3)c12. The molecule has 0 radical (unpaired) electrons. The molecule has 0 spiro atoms. The topological polar surface area (TPSA) is 64.2 Å². The number of hydrogen-bond acceptors (Lipinski definition) is 4. The highest BCUT2D eigenvalue weighted by Gasteiger charge is 2.17. The lowest BCUT2D eigenvalue weighted by Gasteiger charge is -2.23. The molecule has 1 aliphatic heterocycles. The summed E-state index contributed by atoms with van der Waals surface area (Å²) in [6.45, 7) is 1.42. The molecule has 3 rings (SSSR count). The van der Waals surface area contributed by atoms with Gasteiger partial charge >= 0.3 is 0 Å². The van der Waals surface area contributed by atoms with Gasteiger partial charge in [0, 0.05) is 12.8 Å². The van der Waals surface area contributed by atoms with Crippen LogP contribution in [0.25, 0.3) is 10.9 Å². The molecule has 1 fully saturated rings. The number of ether oxygens (including phenoxy) is 2. The first kappa shape index (κ1) is 11.2. The van der Waals surface area contributed by atoms with Crippen LogP contribution < -0.4 is 10.3 Å². The number of nitrogens with zero attached hydrogens (tertiary/aromatic N) is 1. The lowest BCUT2D eigenvalue weighted by molar-refractivity contribution is 0.0261. The molecule has 18 heavy (non-hydrogen) atoms. The van der Waals surface area contributed by atoms with Crippen molar-refractivity contribution in [3.05, 3.63) is 34.9 Å². The van der Waals surface area contributed by atoms with E-state index in [4.69, 9.17) is 9.47 Å². The lowest BCUT2D eigenvalue weighted by Crippen LogP contribution is -2.26. The summed E-state index contributed by atoms with van der Waals surface area (Å²) < 4.78 is 11.2. The van der Waals surface area contributed by atoms with E-state index in [-0.39, 0.29) is 11.7 Å². The number of benzene rings is 1. The second-order valence-corrected chi connectivity index (χ2v) is 4.31. The summed E-state index contributed by atoms with van der Waals surface area (Å²) in [5.41, 5.74) is 0.492. The van der Waals surface area contributed by atoms with Crippen LogP contribution in [0.3, 0.4) is 0 Å². The Labute approximate surface area is 104 Å². The van der Waals surface area contributed by atoms with Gasteiger partial charge in [-0.05, 0) is 12.1 Å². The van der Waals surface area contributed by atoms with Crippen LogP contribution in [0.2, 0.25) is 0 Å². The number of rotatable bonds is 2. The maximum absolute atomic E-state index is 11.8. The second kappa shape index (κ2) is 4.78. The number of fused-ring (bicyclic) bond motifs is 1. The Morgan fingerprint density at radius 2 is 2.17 bits per heavy atom. The third-order valence-electron chi connectivity index (χ3n) is 3.09. The van der Waals surface area contributed by atoms with E-state index in [0.717, 1.165) is 12.8 Å². The predicted octanol–water partition coefficient (Wildman–Crippen LogP) is 1.48. The van der Waals surface area contributed by atoms with Gasteiger partial charge in [-0.15, -0.1) is 0 Å². The smallest absolute Gasteiger partial charge is 0.262 e. The summed E-state index contributed by atoms with van der Waals surface area (Å²) in [4.78, 5) is 18.6. The molecule has 1 aliphatic rings. The zero-order valence-corrected chi connectivity index (χ0v) is 9.89. The molecule has 1 N–H and O–H groups in total. The summed E-state index contributed by atoms with van der Waals surface area (Å²) in [7, 11) is 0. The van der Waals surface area contributed by atoms with E-state index in [1.807, 2.05) is 12.1 Å². The van der Waals surface area contributed by atoms with E-state index in [1.54, 1.807) is 6.07 Å². The van der Waals surface area contributed by atoms with Crippen molar-refractivity contribution < 1.29 is 9.47 Å². The fourth-order valence-electron chi connectivity index (χ4n) is 2.16. The molecule has 5 heteroatoms. The van der Waals surface area contributed by atoms with Crippen LogP contribution >= 0.6 is 0 Å². The highest BCUT2D eigenvalue weighted by molar-refractivity contribution is 5.83. The van der Waals surface area contributed by atoms with Gasteiger partial charge in [0.2, 0.25) is 0 Å². The van der Waals surface area contributed by atoms with Crippen molar-refractivity contribution in [2.45, 2.75) is 18.9 Å². The van der Waals surface area contributed by atoms with E-state index >= 15 is 0 Å². The second-order valence-electron chi connectivity index (χ2n) is 4.31. The maximum atomic E-state index is 11.8. The molecule has 0 unspecified atom stereocenters. The Morgan fingerprint density at radius 3 is 3.00 bits per heavy atom. The molecule has 5 nitrogen and oxygen atoms in total. The Hall–Kier alpha value is -1.88. The van der Waals surface area contributed by atoms with Crippen LogP contribution in [0.4, 0.5) is 0 Å². The Bertz CT molecular complexity index is 597. The van der Waals surface area contributed by atoms with E-state index < -0.39 is 0 Å². The molecule has 0 saturated carbocycles. The molecule has 94 valence electrons. The Balaban J connectivity index is 1.98. The molecule has 2 heterocycles. The van der Waals surface area contributed by atoms with E-state index in [0.29, 0.717) is 29.9 Å². The van der Waals surface area contributed by atoms with Crippen molar-refractivity contribution in [2.24, 2.45) is 0 Å². The summed E-state index contributed by atoms with van der Waals surface area (Å²) in [6.07, 6.45) is 3.23. The van der Waals surface area contributed by atoms with Crippen LogP contribution in [-0.2, 0) is 4.74 Å². The largest absolute Gasteiger partial charge is 0.489 e. The van der Waals surface area contributed by atoms with E-state index in [9.17, 15) is 4.79 Å². The first-order valence-electron chi connectivity index (χ1n) is 6.05. The number of hydrogen-bond donors (Lipinski definition) is 1. The third kappa shape index (κ3) is 2.09. The highest BCUT2D eigenvalue weighted by atomic mass is 16.5. The van der Waals surface area contributed by atoms with Crippen molar-refractivity contribution in [1.29, 1.82) is 0 Å². The first-order valence-corrected chi connectivity index (χ1v) is 6.05. The minimum Gasteiger partial charge on any atom is -0.489 e. The van der Waals surface area contributed by atoms with Gasteiger partial charge in [0.05, 0.1) is 25.1 Å². The monoisotopic (exact) mass is 246 g/mol. The van der Waals surface area contributed by atoms with Gasteiger partial charge in [-0.2, -0.15) is 0 Å². The molecular formula is C13H14N2O3. The molecule has 1 saturated heterocycles. The molecule has 0 atom stereocenters. The number of aromatic amines is 1. The van der Waals surface area contributed by atoms with Crippen molar-refractivity contribution in [1.82, 2.24) is 9.97 Å². The van der Waals surface area contributed by atoms with Gasteiger partial charge < -0.3 is 14.5 Å². The number of nitrogens with one attached hydrogen (secondary N) is 1. The van der Waals surface area contributed by atoms with Gasteiger partial charge in [0.1, 0.15) is 17.2 Å². The molecule has 0 aliphatic carbocycles. The van der Waals surface area contributed by atoms with Gasteiger partial charge in [-0.3, -0.25) is 4.79 Å². The van der Waals surface area contributed by atoms with E-state index in [2.05, 4.69) is 9.97 Å². The maximum Gasteiger partial charge on any atom is 0.262 e. The Morgan fingerprint density at radius 1 is 1.33 bits per heavy atom. The summed E-state index contributed by atoms with van der Waals surface area (Å²) in [5.74, 6) is 0.605. The van der Waals surface area contributed by atoms with Gasteiger partial charge in [-0.1, -0.05) is 6.07 Å². The summed E-state index contributed by atoms with van der Waals surface area (Å²) in [5, 5.41) is 0.520. The third-order valence-corrected chi connectivity index (χ3v) is 3.09. The predicted molar refractivity (Wildman–Crippen MR) is 66.8 cm³/mol. The molecule has 1 aromatic carbocycles. The van der Waals surface area contributed by atoms with Crippen molar-refractivity contribution in [2.75, 3.05) is 13.2 Å². The average Bonchev–Trinajstić information content (AvgIpc) is 2.40. The molecule has 0 bridgehead atoms. The molecule has 0 amide bonds. The zero-order chi connectivity index (χ0) is 12.4. The average molecular weight is 246 g/mol. The number of aromatic nitrogens is 2. The standard InChI is InChI=1S/C13H14N2O3/c16-13-12-10(14-8-15-13)2-1-3-11(12)18-9-4-6-17-7-5-9/h1-3,8-9H,4-7H2,(H,14,15,16). The quantitative estimate of drug-likeness (QED) is 0.871. The van der Waals surface area contributed by atoms with Crippen LogP contribution in [0, 0.1) is 0 Å². The van der Waals surface area contributed by atoms with Crippen molar-refractivity contribution >= 4 is 10.9 Å². The fraction of sp³-hybridized carbons (Fsp3) is 0.385. The van der Waals surface area contributed by atoms with Crippen LogP contribution in [0.1, 0.15) is 12.8 Å². The minimum atomic E-state index is -0.164. The Kier molecular flexibility index (Phi) is 2.98. The van der Waals surface area contributed by atoms with Gasteiger partial charge in [-0.25, -0.2) is 4.98 Å². The lowest BCUT2D eigenvalue weighted by atomic mass is 10.1. The zero-order valence-electron chi connectivity index (χ0n) is 9.89.